The molecule has 1 aliphatic heterocycles. The van der Waals surface area contributed by atoms with Crippen LogP contribution in [0.1, 0.15) is 56.7 Å². The first-order chi connectivity index (χ1) is 15.5. The molecule has 1 fully saturated rings. The van der Waals surface area contributed by atoms with Crippen LogP contribution in [-0.4, -0.2) is 18.1 Å². The molecular weight excluding hydrogens is 404 g/mol. The fourth-order valence-corrected chi connectivity index (χ4v) is 4.48. The third-order valence-electron chi connectivity index (χ3n) is 6.12. The molecule has 6 nitrogen and oxygen atoms in total. The number of hydrogen-bond donors (Lipinski definition) is 2. The van der Waals surface area contributed by atoms with E-state index in [1.165, 1.54) is 6.42 Å². The molecule has 0 bridgehead atoms. The average molecular weight is 435 g/mol. The Bertz CT molecular complexity index is 1000. The first kappa shape index (κ1) is 21.9. The minimum Gasteiger partial charge on any atom is -0.489 e. The predicted octanol–water partition coefficient (Wildman–Crippen LogP) is 5.02. The number of allylic oxidation sites excluding steroid dienone is 1. The maximum absolute atomic E-state index is 13.3. The van der Waals surface area contributed by atoms with Gasteiger partial charge in [0.2, 0.25) is 0 Å². The van der Waals surface area contributed by atoms with Crippen molar-refractivity contribution < 1.29 is 19.1 Å². The van der Waals surface area contributed by atoms with Crippen LogP contribution in [0, 0.1) is 5.92 Å². The molecule has 168 valence electrons. The van der Waals surface area contributed by atoms with Crippen LogP contribution in [0.3, 0.4) is 0 Å². The van der Waals surface area contributed by atoms with E-state index in [4.69, 9.17) is 9.47 Å². The SMILES string of the molecule is CC1=C(C(=O)OC2CCCC(C)C2)C(c2ccccc2OCc2ccccc2)NC(=O)N1. The topological polar surface area (TPSA) is 76.7 Å². The number of urea groups is 1. The van der Waals surface area contributed by atoms with Crippen LogP contribution < -0.4 is 15.4 Å². The van der Waals surface area contributed by atoms with E-state index in [-0.39, 0.29) is 12.1 Å². The first-order valence-electron chi connectivity index (χ1n) is 11.3. The Morgan fingerprint density at radius 1 is 1.06 bits per heavy atom. The monoisotopic (exact) mass is 434 g/mol. The lowest BCUT2D eigenvalue weighted by Crippen LogP contribution is -2.45. The maximum atomic E-state index is 13.3. The fraction of sp³-hybridized carbons (Fsp3) is 0.385. The normalized spacial score (nSPS) is 23.2. The Morgan fingerprint density at radius 2 is 1.81 bits per heavy atom. The van der Waals surface area contributed by atoms with Gasteiger partial charge in [0.05, 0.1) is 11.6 Å². The van der Waals surface area contributed by atoms with Gasteiger partial charge in [0.15, 0.2) is 0 Å². The van der Waals surface area contributed by atoms with Crippen LogP contribution in [0.5, 0.6) is 5.75 Å². The summed E-state index contributed by atoms with van der Waals surface area (Å²) in [4.78, 5) is 25.6. The zero-order chi connectivity index (χ0) is 22.5. The molecule has 1 aliphatic carbocycles. The summed E-state index contributed by atoms with van der Waals surface area (Å²) in [7, 11) is 0. The van der Waals surface area contributed by atoms with Gasteiger partial charge in [0.1, 0.15) is 18.5 Å². The number of para-hydroxylation sites is 1. The van der Waals surface area contributed by atoms with E-state index in [1.54, 1.807) is 6.92 Å². The first-order valence-corrected chi connectivity index (χ1v) is 11.3. The van der Waals surface area contributed by atoms with Gasteiger partial charge in [-0.15, -0.1) is 0 Å². The molecule has 2 N–H and O–H groups in total. The van der Waals surface area contributed by atoms with Crippen molar-refractivity contribution in [1.82, 2.24) is 10.6 Å². The van der Waals surface area contributed by atoms with E-state index in [0.29, 0.717) is 29.5 Å². The Labute approximate surface area is 189 Å². The van der Waals surface area contributed by atoms with Crippen LogP contribution in [0.25, 0.3) is 0 Å². The molecule has 0 saturated heterocycles. The van der Waals surface area contributed by atoms with Crippen LogP contribution in [0.15, 0.2) is 65.9 Å². The summed E-state index contributed by atoms with van der Waals surface area (Å²) in [5.74, 6) is 0.772. The summed E-state index contributed by atoms with van der Waals surface area (Å²) in [6, 6.07) is 16.4. The van der Waals surface area contributed by atoms with Crippen molar-refractivity contribution in [2.24, 2.45) is 5.92 Å². The molecule has 0 radical (unpaired) electrons. The number of nitrogens with one attached hydrogen (secondary N) is 2. The standard InChI is InChI=1S/C26H30N2O4/c1-17-9-8-12-20(15-17)32-25(29)23-18(2)27-26(30)28-24(23)21-13-6-7-14-22(21)31-16-19-10-4-3-5-11-19/h3-7,10-11,13-14,17,20,24H,8-9,12,15-16H2,1-2H3,(H2,27,28,30). The van der Waals surface area contributed by atoms with Crippen LogP contribution in [0.4, 0.5) is 4.79 Å². The second-order valence-corrected chi connectivity index (χ2v) is 8.68. The summed E-state index contributed by atoms with van der Waals surface area (Å²) < 4.78 is 12.0. The van der Waals surface area contributed by atoms with Crippen LogP contribution in [-0.2, 0) is 16.1 Å². The summed E-state index contributed by atoms with van der Waals surface area (Å²) in [5.41, 5.74) is 2.68. The smallest absolute Gasteiger partial charge is 0.338 e. The highest BCUT2D eigenvalue weighted by Crippen LogP contribution is 2.35. The lowest BCUT2D eigenvalue weighted by molar-refractivity contribution is -0.146. The molecule has 0 aromatic heterocycles. The van der Waals surface area contributed by atoms with Gasteiger partial charge in [-0.2, -0.15) is 0 Å². The summed E-state index contributed by atoms with van der Waals surface area (Å²) in [5, 5.41) is 5.61. The van der Waals surface area contributed by atoms with Gasteiger partial charge in [-0.1, -0.05) is 61.9 Å². The molecule has 2 amide bonds. The largest absolute Gasteiger partial charge is 0.489 e. The number of benzene rings is 2. The van der Waals surface area contributed by atoms with Gasteiger partial charge < -0.3 is 20.1 Å². The van der Waals surface area contributed by atoms with Crippen LogP contribution >= 0.6 is 0 Å². The molecule has 32 heavy (non-hydrogen) atoms. The van der Waals surface area contributed by atoms with Gasteiger partial charge >= 0.3 is 12.0 Å². The number of amides is 2. The predicted molar refractivity (Wildman–Crippen MR) is 122 cm³/mol. The van der Waals surface area contributed by atoms with Crippen molar-refractivity contribution in [2.75, 3.05) is 0 Å². The van der Waals surface area contributed by atoms with Gasteiger partial charge in [0, 0.05) is 11.3 Å². The molecule has 1 heterocycles. The van der Waals surface area contributed by atoms with Gasteiger partial charge in [-0.3, -0.25) is 0 Å². The lowest BCUT2D eigenvalue weighted by atomic mass is 9.88. The number of carbonyl (C=O) groups excluding carboxylic acids is 2. The Hall–Kier alpha value is -3.28. The van der Waals surface area contributed by atoms with Crippen LogP contribution in [0.2, 0.25) is 0 Å². The molecule has 1 saturated carbocycles. The van der Waals surface area contributed by atoms with Crippen molar-refractivity contribution in [1.29, 1.82) is 0 Å². The number of hydrogen-bond acceptors (Lipinski definition) is 4. The van der Waals surface area contributed by atoms with Gasteiger partial charge in [-0.25, -0.2) is 9.59 Å². The lowest BCUT2D eigenvalue weighted by Gasteiger charge is -2.31. The molecule has 3 atom stereocenters. The van der Waals surface area contributed by atoms with E-state index in [0.717, 1.165) is 30.4 Å². The summed E-state index contributed by atoms with van der Waals surface area (Å²) >= 11 is 0. The van der Waals surface area contributed by atoms with Crippen molar-refractivity contribution in [3.8, 4) is 5.75 Å². The Morgan fingerprint density at radius 3 is 2.59 bits per heavy atom. The third-order valence-corrected chi connectivity index (χ3v) is 6.12. The van der Waals surface area contributed by atoms with E-state index in [1.807, 2.05) is 54.6 Å². The second kappa shape index (κ2) is 9.90. The molecule has 3 unspecified atom stereocenters. The highest BCUT2D eigenvalue weighted by atomic mass is 16.5. The minimum absolute atomic E-state index is 0.0885. The molecule has 6 heteroatoms. The number of esters is 1. The maximum Gasteiger partial charge on any atom is 0.338 e. The highest BCUT2D eigenvalue weighted by Gasteiger charge is 2.35. The molecule has 2 aliphatic rings. The minimum atomic E-state index is -0.649. The van der Waals surface area contributed by atoms with Crippen molar-refractivity contribution in [3.05, 3.63) is 77.0 Å². The second-order valence-electron chi connectivity index (χ2n) is 8.68. The summed E-state index contributed by atoms with van der Waals surface area (Å²) in [6.07, 6.45) is 3.89. The molecule has 2 aromatic rings. The molecule has 0 spiro atoms. The van der Waals surface area contributed by atoms with E-state index in [2.05, 4.69) is 17.6 Å². The van der Waals surface area contributed by atoms with E-state index >= 15 is 0 Å². The zero-order valence-electron chi connectivity index (χ0n) is 18.6. The van der Waals surface area contributed by atoms with E-state index in [9.17, 15) is 9.59 Å². The van der Waals surface area contributed by atoms with Crippen molar-refractivity contribution >= 4 is 12.0 Å². The third kappa shape index (κ3) is 5.13. The van der Waals surface area contributed by atoms with Gasteiger partial charge in [0.25, 0.3) is 0 Å². The molecule has 4 rings (SSSR count). The van der Waals surface area contributed by atoms with Gasteiger partial charge in [-0.05, 0) is 43.7 Å². The van der Waals surface area contributed by atoms with Crippen molar-refractivity contribution in [3.63, 3.8) is 0 Å². The van der Waals surface area contributed by atoms with E-state index < -0.39 is 12.0 Å². The Balaban J connectivity index is 1.58. The summed E-state index contributed by atoms with van der Waals surface area (Å²) in [6.45, 7) is 4.31. The average Bonchev–Trinajstić information content (AvgIpc) is 2.78. The number of ether oxygens (including phenoxy) is 2. The molecular formula is C26H30N2O4. The zero-order valence-corrected chi connectivity index (χ0v) is 18.6. The number of carbonyl (C=O) groups is 2. The number of rotatable bonds is 6. The molecule has 2 aromatic carbocycles. The highest BCUT2D eigenvalue weighted by molar-refractivity contribution is 5.95. The quantitative estimate of drug-likeness (QED) is 0.626. The van der Waals surface area contributed by atoms with Crippen molar-refractivity contribution in [2.45, 2.75) is 58.3 Å². The Kier molecular flexibility index (Phi) is 6.78. The fourth-order valence-electron chi connectivity index (χ4n) is 4.48.